The number of fused-ring (bicyclic) bond motifs is 9. The van der Waals surface area contributed by atoms with Crippen molar-refractivity contribution in [2.75, 3.05) is 0 Å². The highest BCUT2D eigenvalue weighted by atomic mass is 15.0. The van der Waals surface area contributed by atoms with Crippen molar-refractivity contribution in [1.82, 2.24) is 9.13 Å². The van der Waals surface area contributed by atoms with Gasteiger partial charge < -0.3 is 9.13 Å². The largest absolute Gasteiger partial charge is 0.309 e. The van der Waals surface area contributed by atoms with Gasteiger partial charge in [-0.3, -0.25) is 0 Å². The minimum Gasteiger partial charge on any atom is -0.309 e. The van der Waals surface area contributed by atoms with Crippen LogP contribution in [0.5, 0.6) is 0 Å². The molecule has 0 saturated carbocycles. The van der Waals surface area contributed by atoms with Gasteiger partial charge in [0.05, 0.1) is 22.1 Å². The number of hydrogen-bond acceptors (Lipinski definition) is 0. The molecule has 0 fully saturated rings. The molecule has 0 unspecified atom stereocenters. The van der Waals surface area contributed by atoms with Crippen molar-refractivity contribution < 1.29 is 0 Å². The zero-order valence-corrected chi connectivity index (χ0v) is 20.5. The Bertz CT molecular complexity index is 2130. The van der Waals surface area contributed by atoms with Gasteiger partial charge in [0, 0.05) is 32.9 Å². The van der Waals surface area contributed by atoms with Gasteiger partial charge in [0.25, 0.3) is 0 Å². The molecule has 0 aliphatic heterocycles. The summed E-state index contributed by atoms with van der Waals surface area (Å²) in [6.07, 6.45) is 0. The van der Waals surface area contributed by atoms with Gasteiger partial charge in [-0.1, -0.05) is 78.4 Å². The lowest BCUT2D eigenvalue weighted by atomic mass is 9.99. The molecule has 0 bridgehead atoms. The maximum Gasteiger partial charge on any atom is 0.0547 e. The van der Waals surface area contributed by atoms with Crippen molar-refractivity contribution >= 4 is 54.4 Å². The summed E-state index contributed by atoms with van der Waals surface area (Å²) in [6, 6.07) is 46.3. The first-order valence-corrected chi connectivity index (χ1v) is 12.8. The minimum atomic E-state index is 1.19. The van der Waals surface area contributed by atoms with Crippen LogP contribution in [0.4, 0.5) is 0 Å². The SMILES string of the molecule is Cc1ccc2c(c1)c1c3ccc4c(c3ccc1n2-c1ccccc1)c1ccccc1n4-c1ccccc1. The molecule has 6 aromatic carbocycles. The van der Waals surface area contributed by atoms with Gasteiger partial charge in [-0.2, -0.15) is 0 Å². The van der Waals surface area contributed by atoms with E-state index in [1.165, 1.54) is 71.3 Å². The summed E-state index contributed by atoms with van der Waals surface area (Å²) < 4.78 is 4.80. The van der Waals surface area contributed by atoms with Gasteiger partial charge in [-0.15, -0.1) is 0 Å². The van der Waals surface area contributed by atoms with Crippen LogP contribution in [0.2, 0.25) is 0 Å². The van der Waals surface area contributed by atoms with Gasteiger partial charge in [0.2, 0.25) is 0 Å². The average molecular weight is 473 g/mol. The molecule has 0 amide bonds. The van der Waals surface area contributed by atoms with Crippen molar-refractivity contribution in [2.45, 2.75) is 6.92 Å². The van der Waals surface area contributed by atoms with Crippen molar-refractivity contribution in [1.29, 1.82) is 0 Å². The van der Waals surface area contributed by atoms with E-state index in [2.05, 4.69) is 143 Å². The molecule has 2 aromatic heterocycles. The second-order valence-electron chi connectivity index (χ2n) is 9.89. The van der Waals surface area contributed by atoms with E-state index in [4.69, 9.17) is 0 Å². The Hall–Kier alpha value is -4.82. The van der Waals surface area contributed by atoms with Crippen LogP contribution in [-0.2, 0) is 0 Å². The Morgan fingerprint density at radius 1 is 0.378 bits per heavy atom. The fourth-order valence-corrected chi connectivity index (χ4v) is 6.22. The molecule has 2 heteroatoms. The fraction of sp³-hybridized carbons (Fsp3) is 0.0286. The topological polar surface area (TPSA) is 9.86 Å². The Labute approximate surface area is 214 Å². The minimum absolute atomic E-state index is 1.19. The summed E-state index contributed by atoms with van der Waals surface area (Å²) in [5.74, 6) is 0. The Kier molecular flexibility index (Phi) is 4.18. The number of hydrogen-bond donors (Lipinski definition) is 0. The molecule has 0 radical (unpaired) electrons. The smallest absolute Gasteiger partial charge is 0.0547 e. The maximum atomic E-state index is 2.40. The summed E-state index contributed by atoms with van der Waals surface area (Å²) in [5, 5.41) is 7.81. The third kappa shape index (κ3) is 2.81. The van der Waals surface area contributed by atoms with E-state index in [-0.39, 0.29) is 0 Å². The van der Waals surface area contributed by atoms with Gasteiger partial charge in [-0.05, 0) is 72.3 Å². The van der Waals surface area contributed by atoms with Gasteiger partial charge in [-0.25, -0.2) is 0 Å². The number of rotatable bonds is 2. The number of nitrogens with zero attached hydrogens (tertiary/aromatic N) is 2. The molecule has 2 nitrogen and oxygen atoms in total. The van der Waals surface area contributed by atoms with E-state index < -0.39 is 0 Å². The van der Waals surface area contributed by atoms with Gasteiger partial charge >= 0.3 is 0 Å². The predicted molar refractivity (Wildman–Crippen MR) is 157 cm³/mol. The lowest BCUT2D eigenvalue weighted by molar-refractivity contribution is 1.18. The Morgan fingerprint density at radius 3 is 1.49 bits per heavy atom. The van der Waals surface area contributed by atoms with Gasteiger partial charge in [0.1, 0.15) is 0 Å². The highest BCUT2D eigenvalue weighted by Crippen LogP contribution is 2.42. The molecule has 0 N–H and O–H groups in total. The molecule has 0 spiro atoms. The normalized spacial score (nSPS) is 11.9. The predicted octanol–water partition coefficient (Wildman–Crippen LogP) is 9.34. The van der Waals surface area contributed by atoms with Crippen LogP contribution in [0, 0.1) is 6.92 Å². The second kappa shape index (κ2) is 7.59. The Balaban J connectivity index is 1.58. The summed E-state index contributed by atoms with van der Waals surface area (Å²) in [6.45, 7) is 2.18. The van der Waals surface area contributed by atoms with Gasteiger partial charge in [0.15, 0.2) is 0 Å². The summed E-state index contributed by atoms with van der Waals surface area (Å²) in [4.78, 5) is 0. The Morgan fingerprint density at radius 2 is 0.865 bits per heavy atom. The van der Waals surface area contributed by atoms with Crippen LogP contribution in [-0.4, -0.2) is 9.13 Å². The molecule has 0 saturated heterocycles. The third-order valence-corrected chi connectivity index (χ3v) is 7.74. The number of benzene rings is 6. The third-order valence-electron chi connectivity index (χ3n) is 7.74. The van der Waals surface area contributed by atoms with Crippen molar-refractivity contribution in [3.8, 4) is 11.4 Å². The molecular weight excluding hydrogens is 448 g/mol. The van der Waals surface area contributed by atoms with Crippen LogP contribution in [0.25, 0.3) is 65.8 Å². The molecule has 8 rings (SSSR count). The summed E-state index contributed by atoms with van der Waals surface area (Å²) >= 11 is 0. The molecule has 0 aliphatic rings. The van der Waals surface area contributed by atoms with E-state index in [1.807, 2.05) is 0 Å². The van der Waals surface area contributed by atoms with E-state index in [1.54, 1.807) is 0 Å². The first-order chi connectivity index (χ1) is 18.3. The standard InChI is InChI=1S/C35H24N2/c1-23-16-19-31-29(22-23)35-27-18-20-32-34(26(27)17-21-33(35)37(31)25-12-6-3-7-13-25)28-14-8-9-15-30(28)36(32)24-10-4-2-5-11-24/h2-22H,1H3. The summed E-state index contributed by atoms with van der Waals surface area (Å²) in [7, 11) is 0. The molecule has 0 atom stereocenters. The molecular formula is C35H24N2. The van der Waals surface area contributed by atoms with Crippen molar-refractivity contribution in [3.63, 3.8) is 0 Å². The highest BCUT2D eigenvalue weighted by molar-refractivity contribution is 6.29. The van der Waals surface area contributed by atoms with Crippen LogP contribution < -0.4 is 0 Å². The molecule has 37 heavy (non-hydrogen) atoms. The lowest BCUT2D eigenvalue weighted by Crippen LogP contribution is -1.93. The highest BCUT2D eigenvalue weighted by Gasteiger charge is 2.19. The average Bonchev–Trinajstić information content (AvgIpc) is 3.46. The monoisotopic (exact) mass is 472 g/mol. The van der Waals surface area contributed by atoms with Crippen LogP contribution in [0.3, 0.4) is 0 Å². The number of aromatic nitrogens is 2. The fourth-order valence-electron chi connectivity index (χ4n) is 6.22. The zero-order valence-electron chi connectivity index (χ0n) is 20.5. The van der Waals surface area contributed by atoms with Crippen LogP contribution in [0.1, 0.15) is 5.56 Å². The van der Waals surface area contributed by atoms with E-state index in [9.17, 15) is 0 Å². The van der Waals surface area contributed by atoms with Crippen LogP contribution in [0.15, 0.2) is 127 Å². The lowest BCUT2D eigenvalue weighted by Gasteiger charge is -2.09. The number of aryl methyl sites for hydroxylation is 1. The number of para-hydroxylation sites is 3. The van der Waals surface area contributed by atoms with E-state index >= 15 is 0 Å². The maximum absolute atomic E-state index is 2.40. The first kappa shape index (κ1) is 20.4. The molecule has 8 aromatic rings. The van der Waals surface area contributed by atoms with Crippen LogP contribution >= 0.6 is 0 Å². The second-order valence-corrected chi connectivity index (χ2v) is 9.89. The molecule has 174 valence electrons. The quantitative estimate of drug-likeness (QED) is 0.237. The first-order valence-electron chi connectivity index (χ1n) is 12.8. The molecule has 0 aliphatic carbocycles. The molecule has 2 heterocycles. The van der Waals surface area contributed by atoms with Crippen molar-refractivity contribution in [3.05, 3.63) is 133 Å². The zero-order chi connectivity index (χ0) is 24.5. The van der Waals surface area contributed by atoms with Crippen molar-refractivity contribution in [2.24, 2.45) is 0 Å². The van der Waals surface area contributed by atoms with E-state index in [0.717, 1.165) is 0 Å². The summed E-state index contributed by atoms with van der Waals surface area (Å²) in [5.41, 5.74) is 8.61. The van der Waals surface area contributed by atoms with E-state index in [0.29, 0.717) is 0 Å².